The van der Waals surface area contributed by atoms with Crippen molar-refractivity contribution >= 4 is 17.5 Å². The number of carbonyl (C=O) groups excluding carboxylic acids is 1. The lowest BCUT2D eigenvalue weighted by Crippen LogP contribution is -2.37. The molecule has 0 saturated carbocycles. The molecule has 6 heteroatoms. The standard InChI is InChI=1S/C19H22ClNO4/c1-13(25-16-8-6-15(20)7-9-16)19(22)21(2)12-14-5-10-17(23-3)18(11-14)24-4/h5-11,13H,12H2,1-4H3/t13-/m0/s1. The molecular weight excluding hydrogens is 342 g/mol. The lowest BCUT2D eigenvalue weighted by atomic mass is 10.2. The van der Waals surface area contributed by atoms with Crippen LogP contribution in [0.4, 0.5) is 0 Å². The Morgan fingerprint density at radius 1 is 1.08 bits per heavy atom. The van der Waals surface area contributed by atoms with Gasteiger partial charge in [0.1, 0.15) is 5.75 Å². The molecule has 0 heterocycles. The lowest BCUT2D eigenvalue weighted by molar-refractivity contribution is -0.137. The van der Waals surface area contributed by atoms with Gasteiger partial charge in [0.25, 0.3) is 5.91 Å². The number of halogens is 1. The molecule has 2 aromatic carbocycles. The normalized spacial score (nSPS) is 11.6. The monoisotopic (exact) mass is 363 g/mol. The minimum atomic E-state index is -0.605. The predicted octanol–water partition coefficient (Wildman–Crippen LogP) is 3.78. The number of nitrogens with zero attached hydrogens (tertiary/aromatic N) is 1. The number of hydrogen-bond donors (Lipinski definition) is 0. The zero-order valence-corrected chi connectivity index (χ0v) is 15.5. The highest BCUT2D eigenvalue weighted by Gasteiger charge is 2.20. The number of carbonyl (C=O) groups is 1. The van der Waals surface area contributed by atoms with Gasteiger partial charge in [0, 0.05) is 18.6 Å². The summed E-state index contributed by atoms with van der Waals surface area (Å²) in [6.07, 6.45) is -0.605. The maximum Gasteiger partial charge on any atom is 0.263 e. The average Bonchev–Trinajstić information content (AvgIpc) is 2.62. The molecule has 0 fully saturated rings. The molecule has 0 radical (unpaired) electrons. The Kier molecular flexibility index (Phi) is 6.53. The fourth-order valence-corrected chi connectivity index (χ4v) is 2.53. The van der Waals surface area contributed by atoms with E-state index in [2.05, 4.69) is 0 Å². The van der Waals surface area contributed by atoms with Gasteiger partial charge in [-0.15, -0.1) is 0 Å². The maximum absolute atomic E-state index is 12.5. The van der Waals surface area contributed by atoms with Crippen molar-refractivity contribution in [2.24, 2.45) is 0 Å². The third-order valence-electron chi connectivity index (χ3n) is 3.72. The van der Waals surface area contributed by atoms with Crippen molar-refractivity contribution in [3.63, 3.8) is 0 Å². The van der Waals surface area contributed by atoms with Crippen molar-refractivity contribution in [1.29, 1.82) is 0 Å². The van der Waals surface area contributed by atoms with E-state index in [4.69, 9.17) is 25.8 Å². The van der Waals surface area contributed by atoms with Gasteiger partial charge in [-0.05, 0) is 48.9 Å². The van der Waals surface area contributed by atoms with Gasteiger partial charge in [-0.2, -0.15) is 0 Å². The molecule has 0 aliphatic rings. The maximum atomic E-state index is 12.5. The summed E-state index contributed by atoms with van der Waals surface area (Å²) in [5.41, 5.74) is 0.937. The van der Waals surface area contributed by atoms with E-state index in [1.165, 1.54) is 0 Å². The van der Waals surface area contributed by atoms with E-state index >= 15 is 0 Å². The minimum Gasteiger partial charge on any atom is -0.493 e. The topological polar surface area (TPSA) is 48.0 Å². The van der Waals surface area contributed by atoms with Crippen LogP contribution in [0.1, 0.15) is 12.5 Å². The quantitative estimate of drug-likeness (QED) is 0.751. The highest BCUT2D eigenvalue weighted by Crippen LogP contribution is 2.28. The van der Waals surface area contributed by atoms with Crippen molar-refractivity contribution in [2.75, 3.05) is 21.3 Å². The zero-order valence-electron chi connectivity index (χ0n) is 14.8. The Bertz CT molecular complexity index is 718. The summed E-state index contributed by atoms with van der Waals surface area (Å²) >= 11 is 5.85. The van der Waals surface area contributed by atoms with Crippen LogP contribution in [0, 0.1) is 0 Å². The number of ether oxygens (including phenoxy) is 3. The Morgan fingerprint density at radius 2 is 1.72 bits per heavy atom. The molecule has 0 bridgehead atoms. The number of benzene rings is 2. The summed E-state index contributed by atoms with van der Waals surface area (Å²) < 4.78 is 16.2. The first-order valence-corrected chi connectivity index (χ1v) is 8.20. The largest absolute Gasteiger partial charge is 0.493 e. The lowest BCUT2D eigenvalue weighted by Gasteiger charge is -2.22. The molecule has 2 rings (SSSR count). The highest BCUT2D eigenvalue weighted by molar-refractivity contribution is 6.30. The van der Waals surface area contributed by atoms with E-state index in [0.29, 0.717) is 28.8 Å². The van der Waals surface area contributed by atoms with Crippen molar-refractivity contribution in [3.8, 4) is 17.2 Å². The van der Waals surface area contributed by atoms with Crippen molar-refractivity contribution < 1.29 is 19.0 Å². The van der Waals surface area contributed by atoms with Crippen molar-refractivity contribution in [3.05, 3.63) is 53.1 Å². The molecule has 0 saturated heterocycles. The van der Waals surface area contributed by atoms with Crippen molar-refractivity contribution in [1.82, 2.24) is 4.90 Å². The zero-order chi connectivity index (χ0) is 18.4. The van der Waals surface area contributed by atoms with E-state index in [1.807, 2.05) is 18.2 Å². The third-order valence-corrected chi connectivity index (χ3v) is 3.97. The summed E-state index contributed by atoms with van der Waals surface area (Å²) in [5.74, 6) is 1.76. The summed E-state index contributed by atoms with van der Waals surface area (Å²) in [7, 11) is 4.91. The van der Waals surface area contributed by atoms with Crippen LogP contribution in [-0.4, -0.2) is 38.2 Å². The van der Waals surface area contributed by atoms with Crippen LogP contribution >= 0.6 is 11.6 Å². The van der Waals surface area contributed by atoms with E-state index in [0.717, 1.165) is 5.56 Å². The van der Waals surface area contributed by atoms with Gasteiger partial charge < -0.3 is 19.1 Å². The Balaban J connectivity index is 2.00. The summed E-state index contributed by atoms with van der Waals surface area (Å²) in [6.45, 7) is 2.16. The summed E-state index contributed by atoms with van der Waals surface area (Å²) in [5, 5.41) is 0.622. The smallest absolute Gasteiger partial charge is 0.263 e. The van der Waals surface area contributed by atoms with Crippen LogP contribution in [0.5, 0.6) is 17.2 Å². The molecular formula is C19H22ClNO4. The second-order valence-electron chi connectivity index (χ2n) is 5.60. The Labute approximate surface area is 153 Å². The average molecular weight is 364 g/mol. The fraction of sp³-hybridized carbons (Fsp3) is 0.316. The Hall–Kier alpha value is -2.40. The molecule has 1 atom stereocenters. The first-order valence-electron chi connectivity index (χ1n) is 7.82. The van der Waals surface area contributed by atoms with Gasteiger partial charge in [0.2, 0.25) is 0 Å². The number of likely N-dealkylation sites (N-methyl/N-ethyl adjacent to an activating group) is 1. The van der Waals surface area contributed by atoms with Crippen LogP contribution < -0.4 is 14.2 Å². The third kappa shape index (κ3) is 5.03. The Morgan fingerprint density at radius 3 is 2.32 bits per heavy atom. The number of methoxy groups -OCH3 is 2. The summed E-state index contributed by atoms with van der Waals surface area (Å²) in [6, 6.07) is 12.5. The fourth-order valence-electron chi connectivity index (χ4n) is 2.41. The van der Waals surface area contributed by atoms with E-state index < -0.39 is 6.10 Å². The number of rotatable bonds is 7. The SMILES string of the molecule is COc1ccc(CN(C)C(=O)[C@H](C)Oc2ccc(Cl)cc2)cc1OC. The van der Waals surface area contributed by atoms with Gasteiger partial charge in [-0.25, -0.2) is 0 Å². The molecule has 5 nitrogen and oxygen atoms in total. The van der Waals surface area contributed by atoms with E-state index in [1.54, 1.807) is 57.4 Å². The minimum absolute atomic E-state index is 0.121. The molecule has 0 aliphatic heterocycles. The molecule has 0 aliphatic carbocycles. The van der Waals surface area contributed by atoms with Gasteiger partial charge in [0.15, 0.2) is 17.6 Å². The van der Waals surface area contributed by atoms with Crippen LogP contribution in [0.25, 0.3) is 0 Å². The second-order valence-corrected chi connectivity index (χ2v) is 6.03. The molecule has 1 amide bonds. The van der Waals surface area contributed by atoms with Gasteiger partial charge in [-0.1, -0.05) is 17.7 Å². The first-order chi connectivity index (χ1) is 11.9. The molecule has 0 spiro atoms. The number of amides is 1. The van der Waals surface area contributed by atoms with E-state index in [9.17, 15) is 4.79 Å². The molecule has 0 N–H and O–H groups in total. The molecule has 2 aromatic rings. The molecule has 25 heavy (non-hydrogen) atoms. The number of hydrogen-bond acceptors (Lipinski definition) is 4. The summed E-state index contributed by atoms with van der Waals surface area (Å²) in [4.78, 5) is 14.1. The van der Waals surface area contributed by atoms with Crippen LogP contribution in [0.3, 0.4) is 0 Å². The van der Waals surface area contributed by atoms with Crippen LogP contribution in [-0.2, 0) is 11.3 Å². The van der Waals surface area contributed by atoms with Gasteiger partial charge in [0.05, 0.1) is 14.2 Å². The first kappa shape index (κ1) is 18.9. The highest BCUT2D eigenvalue weighted by atomic mass is 35.5. The van der Waals surface area contributed by atoms with Crippen LogP contribution in [0.15, 0.2) is 42.5 Å². The van der Waals surface area contributed by atoms with Crippen molar-refractivity contribution in [2.45, 2.75) is 19.6 Å². The molecule has 134 valence electrons. The second kappa shape index (κ2) is 8.62. The van der Waals surface area contributed by atoms with Gasteiger partial charge >= 0.3 is 0 Å². The predicted molar refractivity (Wildman–Crippen MR) is 97.6 cm³/mol. The van der Waals surface area contributed by atoms with Crippen LogP contribution in [0.2, 0.25) is 5.02 Å². The molecule has 0 unspecified atom stereocenters. The van der Waals surface area contributed by atoms with Gasteiger partial charge in [-0.3, -0.25) is 4.79 Å². The molecule has 0 aromatic heterocycles. The van der Waals surface area contributed by atoms with E-state index in [-0.39, 0.29) is 5.91 Å².